The van der Waals surface area contributed by atoms with Gasteiger partial charge in [-0.2, -0.15) is 9.61 Å². The van der Waals surface area contributed by atoms with Crippen LogP contribution in [0.1, 0.15) is 32.7 Å². The van der Waals surface area contributed by atoms with Crippen molar-refractivity contribution in [2.24, 2.45) is 7.05 Å². The Morgan fingerprint density at radius 1 is 1.09 bits per heavy atom. The molecule has 33 heavy (non-hydrogen) atoms. The first-order valence-electron chi connectivity index (χ1n) is 10.9. The van der Waals surface area contributed by atoms with E-state index in [0.717, 1.165) is 36.3 Å². The molecule has 5 rings (SSSR count). The summed E-state index contributed by atoms with van der Waals surface area (Å²) in [6, 6.07) is 17.6. The number of aryl methyl sites for hydroxylation is 1. The first kappa shape index (κ1) is 21.4. The Bertz CT molecular complexity index is 1380. The van der Waals surface area contributed by atoms with Crippen LogP contribution in [0.2, 0.25) is 5.02 Å². The normalized spacial score (nSPS) is 13.8. The second kappa shape index (κ2) is 8.84. The zero-order chi connectivity index (χ0) is 22.9. The van der Waals surface area contributed by atoms with Gasteiger partial charge in [0.05, 0.1) is 11.8 Å². The summed E-state index contributed by atoms with van der Waals surface area (Å²) in [5.74, 6) is -0.267. The number of benzene rings is 2. The van der Waals surface area contributed by atoms with Crippen molar-refractivity contribution in [3.63, 3.8) is 0 Å². The summed E-state index contributed by atoms with van der Waals surface area (Å²) in [5, 5.41) is 7.83. The molecule has 8 heteroatoms. The van der Waals surface area contributed by atoms with E-state index in [-0.39, 0.29) is 11.5 Å². The zero-order valence-corrected chi connectivity index (χ0v) is 19.0. The van der Waals surface area contributed by atoms with Gasteiger partial charge in [0.25, 0.3) is 11.5 Å². The lowest BCUT2D eigenvalue weighted by Crippen LogP contribution is -2.38. The van der Waals surface area contributed by atoms with Gasteiger partial charge in [-0.25, -0.2) is 0 Å². The lowest BCUT2D eigenvalue weighted by molar-refractivity contribution is 0.0952. The van der Waals surface area contributed by atoms with Crippen LogP contribution in [-0.4, -0.2) is 31.5 Å². The maximum absolute atomic E-state index is 13.3. The van der Waals surface area contributed by atoms with Gasteiger partial charge in [-0.3, -0.25) is 14.5 Å². The first-order chi connectivity index (χ1) is 16.0. The minimum atomic E-state index is -0.267. The molecule has 3 heterocycles. The van der Waals surface area contributed by atoms with E-state index >= 15 is 0 Å². The Hall–Kier alpha value is -3.42. The maximum atomic E-state index is 13.3. The lowest BCUT2D eigenvalue weighted by Gasteiger charge is -2.29. The standard InChI is InChI=1S/C25H24ClN5O2/c1-29-22-11-12-30(15-18-5-3-2-4-6-18)16-21(22)25(33)31-24(29)20(14-28-31)23(32)27-13-17-7-9-19(26)10-8-17/h2-10,14H,11-13,15-16H2,1H3,(H,27,32). The summed E-state index contributed by atoms with van der Waals surface area (Å²) in [5.41, 5.74) is 4.61. The van der Waals surface area contributed by atoms with Gasteiger partial charge in [-0.15, -0.1) is 0 Å². The highest BCUT2D eigenvalue weighted by molar-refractivity contribution is 6.30. The average Bonchev–Trinajstić information content (AvgIpc) is 3.28. The third-order valence-corrected chi connectivity index (χ3v) is 6.42. The molecule has 0 radical (unpaired) electrons. The van der Waals surface area contributed by atoms with Crippen LogP contribution in [0.3, 0.4) is 0 Å². The number of hydrogen-bond acceptors (Lipinski definition) is 4. The minimum absolute atomic E-state index is 0.160. The van der Waals surface area contributed by atoms with Crippen molar-refractivity contribution in [2.45, 2.75) is 26.1 Å². The molecule has 0 aliphatic carbocycles. The molecule has 7 nitrogen and oxygen atoms in total. The molecule has 1 N–H and O–H groups in total. The fourth-order valence-corrected chi connectivity index (χ4v) is 4.58. The number of fused-ring (bicyclic) bond motifs is 2. The van der Waals surface area contributed by atoms with Crippen molar-refractivity contribution >= 4 is 23.2 Å². The number of carbonyl (C=O) groups excluding carboxylic acids is 1. The van der Waals surface area contributed by atoms with Gasteiger partial charge in [0.2, 0.25) is 0 Å². The first-order valence-corrected chi connectivity index (χ1v) is 11.3. The topological polar surface area (TPSA) is 71.6 Å². The predicted molar refractivity (Wildman–Crippen MR) is 127 cm³/mol. The van der Waals surface area contributed by atoms with Gasteiger partial charge in [-0.05, 0) is 23.3 Å². The molecule has 168 valence electrons. The van der Waals surface area contributed by atoms with Crippen molar-refractivity contribution in [1.29, 1.82) is 0 Å². The number of amides is 1. The molecule has 0 unspecified atom stereocenters. The Morgan fingerprint density at radius 2 is 1.85 bits per heavy atom. The average molecular weight is 462 g/mol. The number of aromatic nitrogens is 3. The molecule has 4 aromatic rings. The lowest BCUT2D eigenvalue weighted by atomic mass is 10.1. The van der Waals surface area contributed by atoms with Crippen LogP contribution < -0.4 is 10.9 Å². The van der Waals surface area contributed by atoms with E-state index in [2.05, 4.69) is 27.4 Å². The Kier molecular flexibility index (Phi) is 5.74. The molecule has 2 aromatic heterocycles. The number of rotatable bonds is 5. The van der Waals surface area contributed by atoms with E-state index in [0.29, 0.717) is 29.3 Å². The molecule has 1 aliphatic rings. The van der Waals surface area contributed by atoms with E-state index in [9.17, 15) is 9.59 Å². The molecule has 1 amide bonds. The minimum Gasteiger partial charge on any atom is -0.348 e. The van der Waals surface area contributed by atoms with Crippen molar-refractivity contribution in [1.82, 2.24) is 24.4 Å². The number of hydrogen-bond donors (Lipinski definition) is 1. The molecule has 0 atom stereocenters. The van der Waals surface area contributed by atoms with Gasteiger partial charge in [-0.1, -0.05) is 54.1 Å². The molecule has 0 saturated heterocycles. The quantitative estimate of drug-likeness (QED) is 0.495. The zero-order valence-electron chi connectivity index (χ0n) is 18.3. The van der Waals surface area contributed by atoms with Gasteiger partial charge in [0.15, 0.2) is 5.65 Å². The Balaban J connectivity index is 1.41. The summed E-state index contributed by atoms with van der Waals surface area (Å²) < 4.78 is 3.29. The highest BCUT2D eigenvalue weighted by Crippen LogP contribution is 2.21. The van der Waals surface area contributed by atoms with Crippen LogP contribution in [0.25, 0.3) is 5.65 Å². The van der Waals surface area contributed by atoms with Crippen molar-refractivity contribution < 1.29 is 4.79 Å². The number of nitrogens with zero attached hydrogens (tertiary/aromatic N) is 4. The van der Waals surface area contributed by atoms with Crippen LogP contribution in [0.15, 0.2) is 65.6 Å². The SMILES string of the molecule is Cn1c2c(c(=O)n3ncc(C(=O)NCc4ccc(Cl)cc4)c13)CN(Cc1ccccc1)CC2. The fourth-order valence-electron chi connectivity index (χ4n) is 4.46. The molecule has 1 aliphatic heterocycles. The smallest absolute Gasteiger partial charge is 0.279 e. The molecule has 2 aromatic carbocycles. The molecule has 0 fully saturated rings. The molecule has 0 saturated carbocycles. The van der Waals surface area contributed by atoms with Gasteiger partial charge in [0, 0.05) is 50.4 Å². The third-order valence-electron chi connectivity index (χ3n) is 6.17. The number of nitrogens with one attached hydrogen (secondary N) is 1. The highest BCUT2D eigenvalue weighted by Gasteiger charge is 2.26. The van der Waals surface area contributed by atoms with E-state index in [1.165, 1.54) is 16.3 Å². The van der Waals surface area contributed by atoms with E-state index in [1.54, 1.807) is 12.1 Å². The van der Waals surface area contributed by atoms with Crippen LogP contribution >= 0.6 is 11.6 Å². The van der Waals surface area contributed by atoms with Gasteiger partial charge < -0.3 is 9.88 Å². The summed E-state index contributed by atoms with van der Waals surface area (Å²) in [7, 11) is 1.90. The van der Waals surface area contributed by atoms with Crippen LogP contribution in [0, 0.1) is 0 Å². The highest BCUT2D eigenvalue weighted by atomic mass is 35.5. The molecule has 0 spiro atoms. The summed E-state index contributed by atoms with van der Waals surface area (Å²) in [6.07, 6.45) is 2.21. The van der Waals surface area contributed by atoms with Crippen LogP contribution in [0.5, 0.6) is 0 Å². The van der Waals surface area contributed by atoms with Gasteiger partial charge in [0.1, 0.15) is 5.56 Å². The van der Waals surface area contributed by atoms with Crippen LogP contribution in [-0.2, 0) is 33.1 Å². The fraction of sp³-hybridized carbons (Fsp3) is 0.240. The number of carbonyl (C=O) groups is 1. The Morgan fingerprint density at radius 3 is 2.61 bits per heavy atom. The van der Waals surface area contributed by atoms with Crippen molar-refractivity contribution in [3.05, 3.63) is 104 Å². The summed E-state index contributed by atoms with van der Waals surface area (Å²) >= 11 is 5.93. The monoisotopic (exact) mass is 461 g/mol. The molecular formula is C25H24ClN5O2. The number of halogens is 1. The summed E-state index contributed by atoms with van der Waals surface area (Å²) in [4.78, 5) is 28.5. The maximum Gasteiger partial charge on any atom is 0.279 e. The van der Waals surface area contributed by atoms with E-state index < -0.39 is 0 Å². The summed E-state index contributed by atoms with van der Waals surface area (Å²) in [6.45, 7) is 2.56. The molecular weight excluding hydrogens is 438 g/mol. The second-order valence-corrected chi connectivity index (χ2v) is 8.77. The van der Waals surface area contributed by atoms with E-state index in [4.69, 9.17) is 11.6 Å². The van der Waals surface area contributed by atoms with Crippen LogP contribution in [0.4, 0.5) is 0 Å². The second-order valence-electron chi connectivity index (χ2n) is 8.34. The molecule has 0 bridgehead atoms. The third kappa shape index (κ3) is 4.17. The predicted octanol–water partition coefficient (Wildman–Crippen LogP) is 3.17. The van der Waals surface area contributed by atoms with Crippen molar-refractivity contribution in [2.75, 3.05) is 6.54 Å². The largest absolute Gasteiger partial charge is 0.348 e. The van der Waals surface area contributed by atoms with Gasteiger partial charge >= 0.3 is 0 Å². The van der Waals surface area contributed by atoms with E-state index in [1.807, 2.05) is 41.9 Å². The van der Waals surface area contributed by atoms with Crippen molar-refractivity contribution in [3.8, 4) is 0 Å². The Labute approximate surface area is 196 Å².